The van der Waals surface area contributed by atoms with E-state index in [0.717, 1.165) is 24.4 Å². The molecule has 0 bridgehead atoms. The molecule has 1 fully saturated rings. The van der Waals surface area contributed by atoms with Crippen LogP contribution in [0.1, 0.15) is 23.9 Å². The van der Waals surface area contributed by atoms with Gasteiger partial charge in [-0.15, -0.1) is 0 Å². The first kappa shape index (κ1) is 9.65. The molecule has 0 aliphatic carbocycles. The van der Waals surface area contributed by atoms with Crippen molar-refractivity contribution >= 4 is 0 Å². The van der Waals surface area contributed by atoms with E-state index in [1.165, 1.54) is 0 Å². The third-order valence-electron chi connectivity index (χ3n) is 2.73. The summed E-state index contributed by atoms with van der Waals surface area (Å²) >= 11 is 0. The fraction of sp³-hybridized carbons (Fsp3) is 0.700. The first-order valence-corrected chi connectivity index (χ1v) is 5.06. The number of hydrogen-bond donors (Lipinski definition) is 1. The van der Waals surface area contributed by atoms with Gasteiger partial charge < -0.3 is 5.32 Å². The normalized spacial score (nSPS) is 27.9. The van der Waals surface area contributed by atoms with Gasteiger partial charge in [0.1, 0.15) is 6.17 Å². The molecule has 3 nitrogen and oxygen atoms in total. The molecule has 0 aromatic carbocycles. The lowest BCUT2D eigenvalue weighted by molar-refractivity contribution is 0.171. The summed E-state index contributed by atoms with van der Waals surface area (Å²) in [7, 11) is 0. The van der Waals surface area contributed by atoms with Gasteiger partial charge in [0.2, 0.25) is 0 Å². The summed E-state index contributed by atoms with van der Waals surface area (Å²) in [4.78, 5) is 0. The lowest BCUT2D eigenvalue weighted by atomic mass is 10.1. The zero-order valence-corrected chi connectivity index (χ0v) is 8.63. The molecule has 14 heavy (non-hydrogen) atoms. The quantitative estimate of drug-likeness (QED) is 0.737. The summed E-state index contributed by atoms with van der Waals surface area (Å²) in [5, 5.41) is 7.38. The smallest absolute Gasteiger partial charge is 0.135 e. The monoisotopic (exact) mass is 197 g/mol. The van der Waals surface area contributed by atoms with Crippen LogP contribution in [0.5, 0.6) is 0 Å². The SMILES string of the molecule is Cc1cc(C)n(C2CCNCC2F)n1. The van der Waals surface area contributed by atoms with E-state index in [1.807, 2.05) is 24.6 Å². The Morgan fingerprint density at radius 1 is 1.57 bits per heavy atom. The second-order valence-corrected chi connectivity index (χ2v) is 3.95. The van der Waals surface area contributed by atoms with E-state index in [2.05, 4.69) is 10.4 Å². The highest BCUT2D eigenvalue weighted by Crippen LogP contribution is 2.22. The Bertz CT molecular complexity index is 321. The van der Waals surface area contributed by atoms with Crippen LogP contribution in [-0.2, 0) is 0 Å². The molecule has 2 rings (SSSR count). The average molecular weight is 197 g/mol. The van der Waals surface area contributed by atoms with Crippen molar-refractivity contribution in [2.45, 2.75) is 32.5 Å². The number of piperidine rings is 1. The zero-order valence-electron chi connectivity index (χ0n) is 8.63. The molecule has 2 heterocycles. The Morgan fingerprint density at radius 2 is 2.36 bits per heavy atom. The maximum absolute atomic E-state index is 13.6. The molecule has 78 valence electrons. The molecular formula is C10H16FN3. The highest BCUT2D eigenvalue weighted by Gasteiger charge is 2.27. The van der Waals surface area contributed by atoms with Crippen LogP contribution in [0.15, 0.2) is 6.07 Å². The average Bonchev–Trinajstić information content (AvgIpc) is 2.46. The van der Waals surface area contributed by atoms with E-state index in [4.69, 9.17) is 0 Å². The summed E-state index contributed by atoms with van der Waals surface area (Å²) in [6.07, 6.45) is 0.00472. The van der Waals surface area contributed by atoms with Gasteiger partial charge >= 0.3 is 0 Å². The summed E-state index contributed by atoms with van der Waals surface area (Å²) in [5.74, 6) is 0. The number of aromatic nitrogens is 2. The second kappa shape index (κ2) is 3.69. The molecule has 1 aromatic rings. The predicted octanol–water partition coefficient (Wildman–Crippen LogP) is 1.37. The summed E-state index contributed by atoms with van der Waals surface area (Å²) in [6, 6.07) is 1.92. The minimum Gasteiger partial charge on any atom is -0.314 e. The number of nitrogens with zero attached hydrogens (tertiary/aromatic N) is 2. The van der Waals surface area contributed by atoms with Crippen LogP contribution in [-0.4, -0.2) is 29.0 Å². The first-order valence-electron chi connectivity index (χ1n) is 5.06. The summed E-state index contributed by atoms with van der Waals surface area (Å²) in [6.45, 7) is 5.25. The lowest BCUT2D eigenvalue weighted by Crippen LogP contribution is -2.39. The van der Waals surface area contributed by atoms with E-state index in [1.54, 1.807) is 0 Å². The van der Waals surface area contributed by atoms with Crippen molar-refractivity contribution in [3.63, 3.8) is 0 Å². The van der Waals surface area contributed by atoms with E-state index < -0.39 is 6.17 Å². The lowest BCUT2D eigenvalue weighted by Gasteiger charge is -2.27. The standard InChI is InChI=1S/C10H16FN3/c1-7-5-8(2)14(13-7)10-3-4-12-6-9(10)11/h5,9-10,12H,3-4,6H2,1-2H3. The molecular weight excluding hydrogens is 181 g/mol. The third-order valence-corrected chi connectivity index (χ3v) is 2.73. The van der Waals surface area contributed by atoms with Gasteiger partial charge in [0.15, 0.2) is 0 Å². The predicted molar refractivity (Wildman–Crippen MR) is 53.1 cm³/mol. The van der Waals surface area contributed by atoms with Crippen LogP contribution in [0.2, 0.25) is 0 Å². The zero-order chi connectivity index (χ0) is 10.1. The Kier molecular flexibility index (Phi) is 2.54. The van der Waals surface area contributed by atoms with Crippen LogP contribution in [0, 0.1) is 13.8 Å². The van der Waals surface area contributed by atoms with Crippen LogP contribution >= 0.6 is 0 Å². The number of aryl methyl sites for hydroxylation is 2. The van der Waals surface area contributed by atoms with Gasteiger partial charge in [0.25, 0.3) is 0 Å². The number of rotatable bonds is 1. The number of nitrogens with one attached hydrogen (secondary N) is 1. The van der Waals surface area contributed by atoms with Crippen molar-refractivity contribution in [2.24, 2.45) is 0 Å². The Hall–Kier alpha value is -0.900. The third kappa shape index (κ3) is 1.66. The maximum Gasteiger partial charge on any atom is 0.135 e. The Morgan fingerprint density at radius 3 is 2.93 bits per heavy atom. The molecule has 1 aliphatic rings. The molecule has 0 radical (unpaired) electrons. The van der Waals surface area contributed by atoms with Gasteiger partial charge in [-0.1, -0.05) is 0 Å². The molecule has 1 aromatic heterocycles. The molecule has 0 spiro atoms. The first-order chi connectivity index (χ1) is 6.68. The maximum atomic E-state index is 13.6. The van der Waals surface area contributed by atoms with Crippen molar-refractivity contribution < 1.29 is 4.39 Å². The van der Waals surface area contributed by atoms with Crippen LogP contribution in [0.25, 0.3) is 0 Å². The van der Waals surface area contributed by atoms with Crippen LogP contribution in [0.3, 0.4) is 0 Å². The van der Waals surface area contributed by atoms with Gasteiger partial charge in [0, 0.05) is 12.2 Å². The molecule has 1 aliphatic heterocycles. The molecule has 1 saturated heterocycles. The van der Waals surface area contributed by atoms with Crippen molar-refractivity contribution in [1.29, 1.82) is 0 Å². The second-order valence-electron chi connectivity index (χ2n) is 3.95. The highest BCUT2D eigenvalue weighted by molar-refractivity contribution is 5.08. The van der Waals surface area contributed by atoms with Crippen molar-refractivity contribution in [3.05, 3.63) is 17.5 Å². The largest absolute Gasteiger partial charge is 0.314 e. The molecule has 2 atom stereocenters. The van der Waals surface area contributed by atoms with Gasteiger partial charge in [-0.3, -0.25) is 4.68 Å². The molecule has 0 saturated carbocycles. The molecule has 2 unspecified atom stereocenters. The van der Waals surface area contributed by atoms with Crippen molar-refractivity contribution in [1.82, 2.24) is 15.1 Å². The van der Waals surface area contributed by atoms with Crippen LogP contribution < -0.4 is 5.32 Å². The van der Waals surface area contributed by atoms with Crippen molar-refractivity contribution in [2.75, 3.05) is 13.1 Å². The number of hydrogen-bond acceptors (Lipinski definition) is 2. The van der Waals surface area contributed by atoms with E-state index in [-0.39, 0.29) is 6.04 Å². The minimum absolute atomic E-state index is 0.0788. The Balaban J connectivity index is 2.24. The van der Waals surface area contributed by atoms with E-state index in [9.17, 15) is 4.39 Å². The summed E-state index contributed by atoms with van der Waals surface area (Å²) < 4.78 is 15.4. The van der Waals surface area contributed by atoms with Gasteiger partial charge in [0.05, 0.1) is 11.7 Å². The number of alkyl halides is 1. The fourth-order valence-corrected chi connectivity index (χ4v) is 2.06. The minimum atomic E-state index is -0.818. The Labute approximate surface area is 83.3 Å². The topological polar surface area (TPSA) is 29.9 Å². The highest BCUT2D eigenvalue weighted by atomic mass is 19.1. The number of halogens is 1. The van der Waals surface area contributed by atoms with Crippen LogP contribution in [0.4, 0.5) is 4.39 Å². The molecule has 4 heteroatoms. The molecule has 1 N–H and O–H groups in total. The summed E-state index contributed by atoms with van der Waals surface area (Å²) in [5.41, 5.74) is 2.02. The fourth-order valence-electron chi connectivity index (χ4n) is 2.06. The van der Waals surface area contributed by atoms with Crippen molar-refractivity contribution in [3.8, 4) is 0 Å². The van der Waals surface area contributed by atoms with Gasteiger partial charge in [-0.25, -0.2) is 4.39 Å². The molecule has 0 amide bonds. The van der Waals surface area contributed by atoms with E-state index >= 15 is 0 Å². The van der Waals surface area contributed by atoms with E-state index in [0.29, 0.717) is 6.54 Å². The van der Waals surface area contributed by atoms with Gasteiger partial charge in [-0.05, 0) is 32.9 Å². The van der Waals surface area contributed by atoms with Gasteiger partial charge in [-0.2, -0.15) is 5.10 Å².